The van der Waals surface area contributed by atoms with Crippen molar-refractivity contribution in [2.24, 2.45) is 0 Å². The lowest BCUT2D eigenvalue weighted by molar-refractivity contribution is -0.137. The van der Waals surface area contributed by atoms with E-state index in [2.05, 4.69) is 21.2 Å². The van der Waals surface area contributed by atoms with Crippen molar-refractivity contribution in [2.75, 3.05) is 5.75 Å². The van der Waals surface area contributed by atoms with Crippen LogP contribution in [-0.4, -0.2) is 28.8 Å². The number of thioether (sulfide) groups is 1. The van der Waals surface area contributed by atoms with Crippen LogP contribution in [0.15, 0.2) is 21.5 Å². The molecule has 0 aliphatic heterocycles. The van der Waals surface area contributed by atoms with Crippen LogP contribution in [0.1, 0.15) is 30.9 Å². The lowest BCUT2D eigenvalue weighted by Gasteiger charge is -2.15. The number of hydrogen-bond donors (Lipinski definition) is 2. The number of benzene rings is 1. The summed E-state index contributed by atoms with van der Waals surface area (Å²) in [4.78, 5) is 23.6. The van der Waals surface area contributed by atoms with Crippen molar-refractivity contribution in [1.29, 1.82) is 0 Å². The Kier molecular flexibility index (Phi) is 7.25. The Hall–Kier alpha value is -1.01. The van der Waals surface area contributed by atoms with E-state index in [9.17, 15) is 9.59 Å². The van der Waals surface area contributed by atoms with E-state index in [1.807, 2.05) is 32.9 Å². The Morgan fingerprint density at radius 2 is 2.00 bits per heavy atom. The SMILES string of the molecule is CCC(CC(=O)O)NC(=O)CSc1cc(C)c(Br)cc1C. The molecule has 21 heavy (non-hydrogen) atoms. The van der Waals surface area contributed by atoms with Gasteiger partial charge in [0.25, 0.3) is 0 Å². The van der Waals surface area contributed by atoms with E-state index in [0.717, 1.165) is 20.5 Å². The lowest BCUT2D eigenvalue weighted by Crippen LogP contribution is -2.37. The number of carbonyl (C=O) groups is 2. The molecule has 1 aromatic rings. The smallest absolute Gasteiger partial charge is 0.305 e. The summed E-state index contributed by atoms with van der Waals surface area (Å²) >= 11 is 4.95. The molecule has 1 aromatic carbocycles. The van der Waals surface area contributed by atoms with Gasteiger partial charge < -0.3 is 10.4 Å². The molecule has 2 N–H and O–H groups in total. The molecule has 1 amide bonds. The van der Waals surface area contributed by atoms with E-state index in [4.69, 9.17) is 5.11 Å². The quantitative estimate of drug-likeness (QED) is 0.717. The summed E-state index contributed by atoms with van der Waals surface area (Å²) in [5, 5.41) is 11.5. The molecule has 116 valence electrons. The predicted molar refractivity (Wildman–Crippen MR) is 88.8 cm³/mol. The van der Waals surface area contributed by atoms with Crippen LogP contribution in [-0.2, 0) is 9.59 Å². The number of hydrogen-bond acceptors (Lipinski definition) is 3. The minimum absolute atomic E-state index is 0.0384. The number of nitrogens with one attached hydrogen (secondary N) is 1. The monoisotopic (exact) mass is 373 g/mol. The minimum atomic E-state index is -0.894. The molecule has 1 unspecified atom stereocenters. The standard InChI is InChI=1S/C15H20BrNO3S/c1-4-11(7-15(19)20)17-14(18)8-21-13-6-9(2)12(16)5-10(13)3/h5-6,11H,4,7-8H2,1-3H3,(H,17,18)(H,19,20). The van der Waals surface area contributed by atoms with Gasteiger partial charge in [-0.2, -0.15) is 0 Å². The Bertz CT molecular complexity index is 534. The summed E-state index contributed by atoms with van der Waals surface area (Å²) < 4.78 is 1.06. The summed E-state index contributed by atoms with van der Waals surface area (Å²) in [6.07, 6.45) is 0.572. The summed E-state index contributed by atoms with van der Waals surface area (Å²) in [6.45, 7) is 5.88. The van der Waals surface area contributed by atoms with Gasteiger partial charge in [0.15, 0.2) is 0 Å². The maximum Gasteiger partial charge on any atom is 0.305 e. The topological polar surface area (TPSA) is 66.4 Å². The van der Waals surface area contributed by atoms with Crippen molar-refractivity contribution in [3.63, 3.8) is 0 Å². The highest BCUT2D eigenvalue weighted by atomic mass is 79.9. The summed E-state index contributed by atoms with van der Waals surface area (Å²) in [5.74, 6) is -0.736. The molecule has 1 atom stereocenters. The molecule has 0 aliphatic carbocycles. The third-order valence-corrected chi connectivity index (χ3v) is 5.11. The second kappa shape index (κ2) is 8.44. The number of aryl methyl sites for hydroxylation is 2. The van der Waals surface area contributed by atoms with Gasteiger partial charge in [0.1, 0.15) is 0 Å². The fourth-order valence-electron chi connectivity index (χ4n) is 1.83. The number of carbonyl (C=O) groups excluding carboxylic acids is 1. The van der Waals surface area contributed by atoms with E-state index in [1.54, 1.807) is 0 Å². The number of amides is 1. The first-order chi connectivity index (χ1) is 9.83. The number of carboxylic acid groups (broad SMARTS) is 1. The number of rotatable bonds is 7. The average Bonchev–Trinajstić information content (AvgIpc) is 2.40. The van der Waals surface area contributed by atoms with Crippen LogP contribution in [0.3, 0.4) is 0 Å². The van der Waals surface area contributed by atoms with Crippen molar-refractivity contribution in [3.05, 3.63) is 27.7 Å². The van der Waals surface area contributed by atoms with Crippen LogP contribution in [0.2, 0.25) is 0 Å². The van der Waals surface area contributed by atoms with Crippen LogP contribution in [0, 0.1) is 13.8 Å². The molecule has 0 saturated heterocycles. The largest absolute Gasteiger partial charge is 0.481 e. The first kappa shape index (κ1) is 18.0. The van der Waals surface area contributed by atoms with Gasteiger partial charge in [-0.05, 0) is 43.5 Å². The molecule has 0 saturated carbocycles. The third-order valence-electron chi connectivity index (χ3n) is 3.09. The van der Waals surface area contributed by atoms with E-state index in [0.29, 0.717) is 6.42 Å². The normalized spacial score (nSPS) is 12.0. The van der Waals surface area contributed by atoms with Crippen molar-refractivity contribution < 1.29 is 14.7 Å². The zero-order chi connectivity index (χ0) is 16.0. The molecule has 0 heterocycles. The molecular formula is C15H20BrNO3S. The molecule has 0 aromatic heterocycles. The van der Waals surface area contributed by atoms with Gasteiger partial charge in [-0.3, -0.25) is 9.59 Å². The molecule has 1 rings (SSSR count). The van der Waals surface area contributed by atoms with Gasteiger partial charge in [0, 0.05) is 15.4 Å². The van der Waals surface area contributed by atoms with Crippen molar-refractivity contribution >= 4 is 39.6 Å². The lowest BCUT2D eigenvalue weighted by atomic mass is 10.1. The number of halogens is 1. The molecule has 0 radical (unpaired) electrons. The summed E-state index contributed by atoms with van der Waals surface area (Å²) in [7, 11) is 0. The Morgan fingerprint density at radius 1 is 1.33 bits per heavy atom. The molecule has 0 spiro atoms. The molecule has 0 bridgehead atoms. The maximum atomic E-state index is 11.9. The minimum Gasteiger partial charge on any atom is -0.481 e. The van der Waals surface area contributed by atoms with E-state index < -0.39 is 5.97 Å². The molecule has 0 aliphatic rings. The van der Waals surface area contributed by atoms with Crippen LogP contribution in [0.5, 0.6) is 0 Å². The van der Waals surface area contributed by atoms with Gasteiger partial charge in [0.05, 0.1) is 12.2 Å². The maximum absolute atomic E-state index is 11.9. The summed E-state index contributed by atoms with van der Waals surface area (Å²) in [5.41, 5.74) is 2.24. The highest BCUT2D eigenvalue weighted by Gasteiger charge is 2.14. The van der Waals surface area contributed by atoms with Crippen LogP contribution < -0.4 is 5.32 Å². The first-order valence-electron chi connectivity index (χ1n) is 6.74. The van der Waals surface area contributed by atoms with Crippen LogP contribution in [0.4, 0.5) is 0 Å². The third kappa shape index (κ3) is 6.09. The Balaban J connectivity index is 2.57. The van der Waals surface area contributed by atoms with Gasteiger partial charge in [0.2, 0.25) is 5.91 Å². The van der Waals surface area contributed by atoms with Crippen LogP contribution >= 0.6 is 27.7 Å². The average molecular weight is 374 g/mol. The zero-order valence-corrected chi connectivity index (χ0v) is 14.8. The zero-order valence-electron chi connectivity index (χ0n) is 12.4. The fraction of sp³-hybridized carbons (Fsp3) is 0.467. The van der Waals surface area contributed by atoms with Crippen LogP contribution in [0.25, 0.3) is 0 Å². The molecule has 6 heteroatoms. The fourth-order valence-corrected chi connectivity index (χ4v) is 3.21. The molecule has 4 nitrogen and oxygen atoms in total. The van der Waals surface area contributed by atoms with E-state index in [1.165, 1.54) is 11.8 Å². The van der Waals surface area contributed by atoms with Gasteiger partial charge >= 0.3 is 5.97 Å². The van der Waals surface area contributed by atoms with E-state index >= 15 is 0 Å². The van der Waals surface area contributed by atoms with Crippen molar-refractivity contribution in [3.8, 4) is 0 Å². The molecule has 0 fully saturated rings. The van der Waals surface area contributed by atoms with Gasteiger partial charge in [-0.25, -0.2) is 0 Å². The number of carboxylic acids is 1. The highest BCUT2D eigenvalue weighted by Crippen LogP contribution is 2.28. The van der Waals surface area contributed by atoms with Crippen molar-refractivity contribution in [1.82, 2.24) is 5.32 Å². The van der Waals surface area contributed by atoms with Crippen molar-refractivity contribution in [2.45, 2.75) is 44.6 Å². The highest BCUT2D eigenvalue weighted by molar-refractivity contribution is 9.10. The second-order valence-electron chi connectivity index (χ2n) is 4.93. The second-order valence-corrected chi connectivity index (χ2v) is 6.80. The van der Waals surface area contributed by atoms with E-state index in [-0.39, 0.29) is 24.1 Å². The first-order valence-corrected chi connectivity index (χ1v) is 8.52. The molecular weight excluding hydrogens is 354 g/mol. The van der Waals surface area contributed by atoms with Gasteiger partial charge in [-0.15, -0.1) is 11.8 Å². The Morgan fingerprint density at radius 3 is 2.57 bits per heavy atom. The number of aliphatic carboxylic acids is 1. The Labute approximate surface area is 137 Å². The predicted octanol–water partition coefficient (Wildman–Crippen LogP) is 3.53. The van der Waals surface area contributed by atoms with Gasteiger partial charge in [-0.1, -0.05) is 22.9 Å². The summed E-state index contributed by atoms with van der Waals surface area (Å²) in [6, 6.07) is 3.78.